The monoisotopic (exact) mass is 171 g/mol. The van der Waals surface area contributed by atoms with Crippen LogP contribution in [-0.2, 0) is 0 Å². The molecule has 0 bridgehead atoms. The highest BCUT2D eigenvalue weighted by Crippen LogP contribution is 2.08. The molecule has 0 unspecified atom stereocenters. The number of aromatic nitrogens is 1. The maximum Gasteiger partial charge on any atom is 0.138 e. The molecule has 4 nitrogen and oxygen atoms in total. The first-order valence-electron chi connectivity index (χ1n) is 2.78. The lowest BCUT2D eigenvalue weighted by Gasteiger charge is -2.04. The predicted octanol–water partition coefficient (Wildman–Crippen LogP) is 0.490. The van der Waals surface area contributed by atoms with Crippen molar-refractivity contribution < 1.29 is 9.90 Å². The van der Waals surface area contributed by atoms with Crippen molar-refractivity contribution in [2.75, 3.05) is 5.32 Å². The van der Waals surface area contributed by atoms with Gasteiger partial charge in [-0.3, -0.25) is 0 Å². The topological polar surface area (TPSA) is 65.0 Å². The Hall–Kier alpha value is -1.29. The van der Waals surface area contributed by atoms with Gasteiger partial charge in [0.25, 0.3) is 0 Å². The summed E-state index contributed by atoms with van der Waals surface area (Å²) in [4.78, 5) is 13.6. The van der Waals surface area contributed by atoms with Crippen molar-refractivity contribution in [1.29, 1.82) is 0 Å². The largest absolute Gasteiger partial charge is 0.530 e. The van der Waals surface area contributed by atoms with Gasteiger partial charge in [-0.2, -0.15) is 0 Å². The minimum atomic E-state index is -1.37. The molecular weight excluding hydrogens is 168 g/mol. The van der Waals surface area contributed by atoms with E-state index in [-0.39, 0.29) is 0 Å². The molecule has 0 radical (unpaired) electrons. The maximum atomic E-state index is 9.97. The highest BCUT2D eigenvalue weighted by molar-refractivity contribution is 6.29. The van der Waals surface area contributed by atoms with Gasteiger partial charge in [0.05, 0.1) is 11.9 Å². The molecule has 1 aromatic rings. The second-order valence-electron chi connectivity index (χ2n) is 1.78. The number of carbonyl (C=O) groups is 1. The molecule has 5 heteroatoms. The smallest absolute Gasteiger partial charge is 0.138 e. The lowest BCUT2D eigenvalue weighted by molar-refractivity contribution is -0.242. The summed E-state index contributed by atoms with van der Waals surface area (Å²) in [5.41, 5.74) is 0.342. The standard InChI is InChI=1S/C6H5ClN2O2/c7-5-2-1-4(3-8-5)9-6(10)11/h1-3,9H,(H,10,11)/p-1. The van der Waals surface area contributed by atoms with Gasteiger partial charge in [-0.05, 0) is 12.1 Å². The summed E-state index contributed by atoms with van der Waals surface area (Å²) < 4.78 is 0. The molecule has 1 rings (SSSR count). The van der Waals surface area contributed by atoms with Crippen LogP contribution in [0.5, 0.6) is 0 Å². The fraction of sp³-hybridized carbons (Fsp3) is 0. The third kappa shape index (κ3) is 2.43. The van der Waals surface area contributed by atoms with Crippen molar-refractivity contribution in [1.82, 2.24) is 4.98 Å². The van der Waals surface area contributed by atoms with Crippen LogP contribution in [0.2, 0.25) is 5.15 Å². The van der Waals surface area contributed by atoms with Gasteiger partial charge in [0.2, 0.25) is 0 Å². The molecule has 0 saturated carbocycles. The first-order valence-corrected chi connectivity index (χ1v) is 3.16. The molecule has 0 fully saturated rings. The summed E-state index contributed by atoms with van der Waals surface area (Å²) in [5.74, 6) is 0. The van der Waals surface area contributed by atoms with Crippen LogP contribution in [-0.4, -0.2) is 11.1 Å². The summed E-state index contributed by atoms with van der Waals surface area (Å²) in [6, 6.07) is 2.97. The van der Waals surface area contributed by atoms with Crippen molar-refractivity contribution in [3.8, 4) is 0 Å². The molecule has 11 heavy (non-hydrogen) atoms. The van der Waals surface area contributed by atoms with E-state index in [2.05, 4.69) is 4.98 Å². The molecule has 0 atom stereocenters. The lowest BCUT2D eigenvalue weighted by atomic mass is 10.4. The molecule has 1 heterocycles. The zero-order valence-corrected chi connectivity index (χ0v) is 6.13. The second kappa shape index (κ2) is 3.21. The summed E-state index contributed by atoms with van der Waals surface area (Å²) in [6.45, 7) is 0. The average Bonchev–Trinajstić information content (AvgIpc) is 1.93. The van der Waals surface area contributed by atoms with Crippen LogP contribution in [0.15, 0.2) is 18.3 Å². The first-order chi connectivity index (χ1) is 5.18. The highest BCUT2D eigenvalue weighted by atomic mass is 35.5. The van der Waals surface area contributed by atoms with Gasteiger partial charge in [0.1, 0.15) is 11.2 Å². The number of pyridine rings is 1. The Morgan fingerprint density at radius 1 is 1.64 bits per heavy atom. The molecule has 1 amide bonds. The van der Waals surface area contributed by atoms with Gasteiger partial charge in [0, 0.05) is 0 Å². The third-order valence-electron chi connectivity index (χ3n) is 0.974. The number of carboxylic acid groups (broad SMARTS) is 1. The van der Waals surface area contributed by atoms with E-state index < -0.39 is 6.09 Å². The molecule has 0 saturated heterocycles. The first kappa shape index (κ1) is 7.81. The molecule has 0 aromatic carbocycles. The van der Waals surface area contributed by atoms with E-state index in [1.165, 1.54) is 18.3 Å². The average molecular weight is 172 g/mol. The Kier molecular flexibility index (Phi) is 2.28. The van der Waals surface area contributed by atoms with Crippen LogP contribution in [0.25, 0.3) is 0 Å². The third-order valence-corrected chi connectivity index (χ3v) is 1.20. The van der Waals surface area contributed by atoms with Gasteiger partial charge >= 0.3 is 0 Å². The maximum absolute atomic E-state index is 9.97. The number of carbonyl (C=O) groups excluding carboxylic acids is 1. The van der Waals surface area contributed by atoms with Crippen LogP contribution >= 0.6 is 11.6 Å². The molecule has 58 valence electrons. The van der Waals surface area contributed by atoms with Gasteiger partial charge in [-0.25, -0.2) is 4.98 Å². The summed E-state index contributed by atoms with van der Waals surface area (Å²) in [7, 11) is 0. The molecule has 0 aliphatic rings. The van der Waals surface area contributed by atoms with E-state index >= 15 is 0 Å². The van der Waals surface area contributed by atoms with E-state index in [9.17, 15) is 9.90 Å². The summed E-state index contributed by atoms with van der Waals surface area (Å²) in [5, 5.41) is 12.3. The summed E-state index contributed by atoms with van der Waals surface area (Å²) in [6.07, 6.45) is -0.0628. The quantitative estimate of drug-likeness (QED) is 0.626. The molecule has 1 aromatic heterocycles. The summed E-state index contributed by atoms with van der Waals surface area (Å²) >= 11 is 5.45. The van der Waals surface area contributed by atoms with Crippen LogP contribution < -0.4 is 10.4 Å². The minimum Gasteiger partial charge on any atom is -0.530 e. The zero-order valence-electron chi connectivity index (χ0n) is 5.37. The van der Waals surface area contributed by atoms with Gasteiger partial charge < -0.3 is 15.2 Å². The normalized spacial score (nSPS) is 9.18. The van der Waals surface area contributed by atoms with Crippen LogP contribution in [0.4, 0.5) is 10.5 Å². The number of nitrogens with zero attached hydrogens (tertiary/aromatic N) is 1. The SMILES string of the molecule is O=C([O-])Nc1ccc(Cl)nc1. The Balaban J connectivity index is 2.74. The number of hydrogen-bond acceptors (Lipinski definition) is 3. The van der Waals surface area contributed by atoms with E-state index in [4.69, 9.17) is 11.6 Å². The predicted molar refractivity (Wildman–Crippen MR) is 38.3 cm³/mol. The Morgan fingerprint density at radius 2 is 2.36 bits per heavy atom. The fourth-order valence-corrected chi connectivity index (χ4v) is 0.679. The number of amides is 1. The lowest BCUT2D eigenvalue weighted by Crippen LogP contribution is -2.28. The number of hydrogen-bond donors (Lipinski definition) is 1. The van der Waals surface area contributed by atoms with Crippen LogP contribution in [0.1, 0.15) is 0 Å². The molecular formula is C6H4ClN2O2-. The van der Waals surface area contributed by atoms with E-state index in [1.807, 2.05) is 5.32 Å². The van der Waals surface area contributed by atoms with Crippen LogP contribution in [0, 0.1) is 0 Å². The van der Waals surface area contributed by atoms with E-state index in [0.717, 1.165) is 0 Å². The minimum absolute atomic E-state index is 0.314. The van der Waals surface area contributed by atoms with Crippen molar-refractivity contribution >= 4 is 23.4 Å². The number of rotatable bonds is 1. The number of halogens is 1. The van der Waals surface area contributed by atoms with E-state index in [1.54, 1.807) is 0 Å². The van der Waals surface area contributed by atoms with Crippen LogP contribution in [0.3, 0.4) is 0 Å². The number of nitrogens with one attached hydrogen (secondary N) is 1. The second-order valence-corrected chi connectivity index (χ2v) is 2.17. The van der Waals surface area contributed by atoms with E-state index in [0.29, 0.717) is 10.8 Å². The molecule has 0 aliphatic heterocycles. The van der Waals surface area contributed by atoms with Gasteiger partial charge in [-0.1, -0.05) is 11.6 Å². The van der Waals surface area contributed by atoms with Crippen molar-refractivity contribution in [3.63, 3.8) is 0 Å². The van der Waals surface area contributed by atoms with Crippen molar-refractivity contribution in [2.45, 2.75) is 0 Å². The van der Waals surface area contributed by atoms with Gasteiger partial charge in [-0.15, -0.1) is 0 Å². The van der Waals surface area contributed by atoms with Crippen molar-refractivity contribution in [3.05, 3.63) is 23.5 Å². The molecule has 0 spiro atoms. The Labute approximate surface area is 67.8 Å². The zero-order chi connectivity index (χ0) is 8.27. The Morgan fingerprint density at radius 3 is 2.82 bits per heavy atom. The molecule has 1 N–H and O–H groups in total. The van der Waals surface area contributed by atoms with Crippen molar-refractivity contribution in [2.24, 2.45) is 0 Å². The molecule has 0 aliphatic carbocycles. The van der Waals surface area contributed by atoms with Gasteiger partial charge in [0.15, 0.2) is 0 Å². The fourth-order valence-electron chi connectivity index (χ4n) is 0.568. The Bertz CT molecular complexity index is 260. The number of anilines is 1. The highest BCUT2D eigenvalue weighted by Gasteiger charge is 1.91.